The van der Waals surface area contributed by atoms with Crippen molar-refractivity contribution < 1.29 is 23.9 Å². The van der Waals surface area contributed by atoms with Crippen LogP contribution in [0, 0.1) is 20.3 Å². The first kappa shape index (κ1) is 33.4. The number of benzene rings is 3. The third-order valence-electron chi connectivity index (χ3n) is 7.98. The van der Waals surface area contributed by atoms with Crippen LogP contribution in [-0.4, -0.2) is 67.4 Å². The summed E-state index contributed by atoms with van der Waals surface area (Å²) in [6, 6.07) is 21.3. The van der Waals surface area contributed by atoms with Gasteiger partial charge in [-0.15, -0.1) is 0 Å². The Labute approximate surface area is 266 Å². The van der Waals surface area contributed by atoms with Crippen LogP contribution in [-0.2, 0) is 14.3 Å². The SMILES string of the molecule is Cc1cc(NC(=O)CCCCN(C)C(=O)CCOC(=O)N(c2ccccc2-c2ccccc2)N2CC[CH]CC2)c(C)cc1C=O. The number of para-hydroxylation sites is 1. The molecule has 0 aromatic heterocycles. The molecule has 1 N–H and O–H groups in total. The highest BCUT2D eigenvalue weighted by molar-refractivity contribution is 5.94. The third-order valence-corrected chi connectivity index (χ3v) is 7.98. The summed E-state index contributed by atoms with van der Waals surface area (Å²) in [4.78, 5) is 51.5. The number of carbonyl (C=O) groups excluding carboxylic acids is 4. The van der Waals surface area contributed by atoms with E-state index in [1.54, 1.807) is 23.0 Å². The molecule has 1 fully saturated rings. The Bertz CT molecular complexity index is 1470. The molecule has 4 rings (SSSR count). The van der Waals surface area contributed by atoms with E-state index in [1.807, 2.05) is 79.5 Å². The number of nitrogens with zero attached hydrogens (tertiary/aromatic N) is 3. The maximum absolute atomic E-state index is 13.5. The number of hydrogen-bond acceptors (Lipinski definition) is 6. The second-order valence-electron chi connectivity index (χ2n) is 11.3. The van der Waals surface area contributed by atoms with Gasteiger partial charge in [0.1, 0.15) is 12.9 Å². The molecule has 0 spiro atoms. The number of rotatable bonds is 13. The molecule has 1 aliphatic rings. The Hall–Kier alpha value is -4.50. The van der Waals surface area contributed by atoms with Gasteiger partial charge in [0.15, 0.2) is 0 Å². The molecule has 45 heavy (non-hydrogen) atoms. The number of piperidine rings is 1. The summed E-state index contributed by atoms with van der Waals surface area (Å²) in [6.07, 6.45) is 5.94. The zero-order valence-electron chi connectivity index (χ0n) is 26.5. The molecule has 1 heterocycles. The van der Waals surface area contributed by atoms with E-state index in [2.05, 4.69) is 11.7 Å². The van der Waals surface area contributed by atoms with E-state index in [4.69, 9.17) is 4.74 Å². The predicted molar refractivity (Wildman–Crippen MR) is 177 cm³/mol. The Morgan fingerprint density at radius 2 is 1.62 bits per heavy atom. The summed E-state index contributed by atoms with van der Waals surface area (Å²) in [5.41, 5.74) is 5.63. The van der Waals surface area contributed by atoms with Gasteiger partial charge in [-0.3, -0.25) is 14.4 Å². The zero-order chi connectivity index (χ0) is 32.2. The fourth-order valence-corrected chi connectivity index (χ4v) is 5.37. The van der Waals surface area contributed by atoms with Crippen LogP contribution >= 0.6 is 0 Å². The standard InChI is InChI=1S/C36H43N4O5/c1-27-25-32(28(2)24-30(27)26-41)37-34(42)18-10-13-20-38(3)35(43)19-23-45-36(44)40(39-21-11-5-12-22-39)33-17-9-8-16-31(33)29-14-6-4-7-15-29/h4-9,14-17,24-26H,10-13,18-23H2,1-3H3,(H,37,42). The number of unbranched alkanes of at least 4 members (excludes halogenated alkanes) is 1. The second-order valence-corrected chi connectivity index (χ2v) is 11.3. The number of anilines is 2. The Balaban J connectivity index is 1.25. The summed E-state index contributed by atoms with van der Waals surface area (Å²) in [7, 11) is 1.72. The van der Waals surface area contributed by atoms with E-state index in [0.717, 1.165) is 47.1 Å². The summed E-state index contributed by atoms with van der Waals surface area (Å²) >= 11 is 0. The van der Waals surface area contributed by atoms with Crippen molar-refractivity contribution in [1.82, 2.24) is 9.91 Å². The monoisotopic (exact) mass is 611 g/mol. The van der Waals surface area contributed by atoms with Gasteiger partial charge in [0.2, 0.25) is 11.8 Å². The van der Waals surface area contributed by atoms with Crippen LogP contribution in [0.2, 0.25) is 0 Å². The molecule has 3 aromatic carbocycles. The fraction of sp³-hybridized carbons (Fsp3) is 0.361. The van der Waals surface area contributed by atoms with Crippen LogP contribution in [0.15, 0.2) is 66.7 Å². The van der Waals surface area contributed by atoms with Crippen LogP contribution in [0.5, 0.6) is 0 Å². The van der Waals surface area contributed by atoms with Gasteiger partial charge < -0.3 is 15.0 Å². The van der Waals surface area contributed by atoms with E-state index in [9.17, 15) is 19.2 Å². The molecule has 1 saturated heterocycles. The number of hydrogen-bond donors (Lipinski definition) is 1. The Morgan fingerprint density at radius 3 is 2.36 bits per heavy atom. The fourth-order valence-electron chi connectivity index (χ4n) is 5.37. The number of nitrogens with one attached hydrogen (secondary N) is 1. The number of ether oxygens (including phenoxy) is 1. The smallest absolute Gasteiger partial charge is 0.429 e. The topological polar surface area (TPSA) is 99.3 Å². The van der Waals surface area contributed by atoms with E-state index in [1.165, 1.54) is 0 Å². The quantitative estimate of drug-likeness (QED) is 0.173. The molecule has 0 saturated carbocycles. The largest absolute Gasteiger partial charge is 0.448 e. The van der Waals surface area contributed by atoms with Gasteiger partial charge in [-0.05, 0) is 80.8 Å². The van der Waals surface area contributed by atoms with E-state index in [0.29, 0.717) is 50.1 Å². The van der Waals surface area contributed by atoms with Gasteiger partial charge in [0.25, 0.3) is 0 Å². The maximum atomic E-state index is 13.5. The van der Waals surface area contributed by atoms with Gasteiger partial charge in [-0.1, -0.05) is 48.5 Å². The minimum atomic E-state index is -0.507. The van der Waals surface area contributed by atoms with Gasteiger partial charge in [0, 0.05) is 49.9 Å². The normalized spacial score (nSPS) is 13.1. The van der Waals surface area contributed by atoms with Crippen molar-refractivity contribution in [3.63, 3.8) is 0 Å². The zero-order valence-corrected chi connectivity index (χ0v) is 26.5. The van der Waals surface area contributed by atoms with Crippen LogP contribution < -0.4 is 10.3 Å². The average Bonchev–Trinajstić information content (AvgIpc) is 3.05. The molecule has 9 heteroatoms. The van der Waals surface area contributed by atoms with Crippen LogP contribution in [0.3, 0.4) is 0 Å². The number of amides is 3. The highest BCUT2D eigenvalue weighted by Gasteiger charge is 2.28. The lowest BCUT2D eigenvalue weighted by Gasteiger charge is -2.37. The van der Waals surface area contributed by atoms with Crippen molar-refractivity contribution >= 4 is 35.6 Å². The Kier molecular flexibility index (Phi) is 12.3. The minimum absolute atomic E-state index is 0.0317. The molecule has 0 bridgehead atoms. The Morgan fingerprint density at radius 1 is 0.911 bits per heavy atom. The van der Waals surface area contributed by atoms with E-state index in [-0.39, 0.29) is 24.8 Å². The van der Waals surface area contributed by atoms with Crippen molar-refractivity contribution in [2.75, 3.05) is 43.6 Å². The van der Waals surface area contributed by atoms with Gasteiger partial charge in [-0.2, -0.15) is 0 Å². The molecule has 237 valence electrons. The number of aryl methyl sites for hydroxylation is 2. The number of hydrazine groups is 1. The summed E-state index contributed by atoms with van der Waals surface area (Å²) in [6.45, 7) is 5.55. The minimum Gasteiger partial charge on any atom is -0.448 e. The summed E-state index contributed by atoms with van der Waals surface area (Å²) in [5, 5.41) is 6.55. The highest BCUT2D eigenvalue weighted by atomic mass is 16.6. The van der Waals surface area contributed by atoms with Crippen molar-refractivity contribution in [3.05, 3.63) is 89.8 Å². The van der Waals surface area contributed by atoms with Crippen molar-refractivity contribution in [2.45, 2.75) is 52.4 Å². The van der Waals surface area contributed by atoms with E-state index >= 15 is 0 Å². The molecular formula is C36H43N4O5. The second kappa shape index (κ2) is 16.5. The van der Waals surface area contributed by atoms with Crippen molar-refractivity contribution in [2.24, 2.45) is 0 Å². The lowest BCUT2D eigenvalue weighted by atomic mass is 10.0. The van der Waals surface area contributed by atoms with Crippen molar-refractivity contribution in [3.8, 4) is 11.1 Å². The van der Waals surface area contributed by atoms with Crippen LogP contribution in [0.4, 0.5) is 16.2 Å². The molecule has 0 atom stereocenters. The lowest BCUT2D eigenvalue weighted by molar-refractivity contribution is -0.130. The van der Waals surface area contributed by atoms with Gasteiger partial charge in [0.05, 0.1) is 12.1 Å². The lowest BCUT2D eigenvalue weighted by Crippen LogP contribution is -2.50. The molecule has 9 nitrogen and oxygen atoms in total. The van der Waals surface area contributed by atoms with Crippen LogP contribution in [0.25, 0.3) is 11.1 Å². The molecule has 0 unspecified atom stereocenters. The molecule has 0 aliphatic carbocycles. The average molecular weight is 612 g/mol. The third kappa shape index (κ3) is 9.25. The highest BCUT2D eigenvalue weighted by Crippen LogP contribution is 2.33. The predicted octanol–water partition coefficient (Wildman–Crippen LogP) is 6.60. The van der Waals surface area contributed by atoms with Gasteiger partial charge in [-0.25, -0.2) is 14.8 Å². The summed E-state index contributed by atoms with van der Waals surface area (Å²) < 4.78 is 5.69. The first-order valence-corrected chi connectivity index (χ1v) is 15.6. The molecular weight excluding hydrogens is 568 g/mol. The molecule has 1 radical (unpaired) electrons. The maximum Gasteiger partial charge on any atom is 0.429 e. The van der Waals surface area contributed by atoms with Crippen molar-refractivity contribution in [1.29, 1.82) is 0 Å². The van der Waals surface area contributed by atoms with E-state index < -0.39 is 6.09 Å². The molecule has 3 aromatic rings. The van der Waals surface area contributed by atoms with Gasteiger partial charge >= 0.3 is 6.09 Å². The number of carbonyl (C=O) groups is 4. The first-order chi connectivity index (χ1) is 21.8. The number of aldehydes is 1. The molecule has 1 aliphatic heterocycles. The first-order valence-electron chi connectivity index (χ1n) is 15.6. The van der Waals surface area contributed by atoms with Crippen LogP contribution in [0.1, 0.15) is 60.0 Å². The molecule has 3 amide bonds. The summed E-state index contributed by atoms with van der Waals surface area (Å²) in [5.74, 6) is -0.236.